The van der Waals surface area contributed by atoms with Crippen molar-refractivity contribution in [1.29, 1.82) is 0 Å². The number of carbonyl (C=O) groups is 1. The van der Waals surface area contributed by atoms with Crippen LogP contribution in [0, 0.1) is 0 Å². The fourth-order valence-electron chi connectivity index (χ4n) is 4.65. The molecule has 2 aliphatic heterocycles. The van der Waals surface area contributed by atoms with Crippen LogP contribution in [0.1, 0.15) is 67.7 Å². The molecule has 2 heterocycles. The average molecular weight is 367 g/mol. The minimum Gasteiger partial charge on any atom is -0.310 e. The molecule has 2 fully saturated rings. The minimum absolute atomic E-state index is 0.00346. The largest absolute Gasteiger partial charge is 0.310 e. The van der Waals surface area contributed by atoms with Gasteiger partial charge in [0.1, 0.15) is 0 Å². The average Bonchev–Trinajstić information content (AvgIpc) is 3.13. The van der Waals surface area contributed by atoms with E-state index in [2.05, 4.69) is 68.9 Å². The molecule has 5 nitrogen and oxygen atoms in total. The van der Waals surface area contributed by atoms with Gasteiger partial charge in [-0.3, -0.25) is 14.6 Å². The number of carbonyl (C=O) groups excluding carboxylic acids is 1. The number of nitrogens with one attached hydrogen (secondary N) is 2. The molecule has 2 N–H and O–H groups in total. The Balaban J connectivity index is 1.83. The molecule has 4 unspecified atom stereocenters. The molecule has 0 aliphatic carbocycles. The number of likely N-dealkylation sites (tertiary alicyclic amines) is 2. The maximum Gasteiger partial charge on any atom is 0.164 e. The summed E-state index contributed by atoms with van der Waals surface area (Å²) in [7, 11) is 0. The monoisotopic (exact) mass is 366 g/mol. The summed E-state index contributed by atoms with van der Waals surface area (Å²) in [4.78, 5) is 17.3. The van der Waals surface area contributed by atoms with Gasteiger partial charge in [-0.05, 0) is 47.0 Å². The van der Waals surface area contributed by atoms with E-state index in [0.717, 1.165) is 32.5 Å². The first-order valence-corrected chi connectivity index (χ1v) is 10.7. The van der Waals surface area contributed by atoms with Crippen LogP contribution in [0.5, 0.6) is 0 Å². The quantitative estimate of drug-likeness (QED) is 0.655. The molecule has 0 bridgehead atoms. The normalized spacial score (nSPS) is 28.2. The van der Waals surface area contributed by atoms with Gasteiger partial charge in [-0.2, -0.15) is 0 Å². The van der Waals surface area contributed by atoms with Crippen LogP contribution in [0.3, 0.4) is 0 Å². The van der Waals surface area contributed by atoms with Gasteiger partial charge in [0.15, 0.2) is 5.78 Å². The van der Waals surface area contributed by atoms with Gasteiger partial charge in [-0.15, -0.1) is 0 Å². The van der Waals surface area contributed by atoms with Crippen LogP contribution in [-0.4, -0.2) is 77.5 Å². The van der Waals surface area contributed by atoms with Gasteiger partial charge in [0, 0.05) is 49.3 Å². The molecule has 2 aliphatic rings. The van der Waals surface area contributed by atoms with Crippen LogP contribution >= 0.6 is 0 Å². The highest BCUT2D eigenvalue weighted by Crippen LogP contribution is 2.26. The van der Waals surface area contributed by atoms with Crippen LogP contribution in [-0.2, 0) is 4.79 Å². The lowest BCUT2D eigenvalue weighted by Gasteiger charge is -2.38. The first-order chi connectivity index (χ1) is 12.1. The van der Waals surface area contributed by atoms with Crippen LogP contribution in [0.15, 0.2) is 0 Å². The second kappa shape index (κ2) is 9.13. The van der Waals surface area contributed by atoms with Crippen LogP contribution in [0.4, 0.5) is 0 Å². The van der Waals surface area contributed by atoms with Crippen molar-refractivity contribution in [2.24, 2.45) is 0 Å². The molecule has 0 amide bonds. The number of hydrogen-bond donors (Lipinski definition) is 2. The third-order valence-corrected chi connectivity index (χ3v) is 6.28. The Hall–Kier alpha value is -0.490. The van der Waals surface area contributed by atoms with Gasteiger partial charge in [-0.1, -0.05) is 20.8 Å². The molecule has 5 heteroatoms. The maximum absolute atomic E-state index is 12.4. The number of nitrogens with zero attached hydrogens (tertiary/aromatic N) is 2. The first kappa shape index (κ1) is 21.8. The van der Waals surface area contributed by atoms with Crippen molar-refractivity contribution in [3.63, 3.8) is 0 Å². The van der Waals surface area contributed by atoms with Crippen LogP contribution < -0.4 is 10.6 Å². The van der Waals surface area contributed by atoms with E-state index in [0.29, 0.717) is 36.5 Å². The van der Waals surface area contributed by atoms with Crippen molar-refractivity contribution < 1.29 is 4.79 Å². The Labute approximate surface area is 161 Å². The summed E-state index contributed by atoms with van der Waals surface area (Å²) in [5, 5.41) is 7.30. The van der Waals surface area contributed by atoms with E-state index < -0.39 is 0 Å². The summed E-state index contributed by atoms with van der Waals surface area (Å²) < 4.78 is 0. The van der Waals surface area contributed by atoms with Crippen LogP contribution in [0.2, 0.25) is 0 Å². The maximum atomic E-state index is 12.4. The molecule has 4 atom stereocenters. The lowest BCUT2D eigenvalue weighted by atomic mass is 9.93. The van der Waals surface area contributed by atoms with E-state index in [1.165, 1.54) is 6.42 Å². The molecule has 0 radical (unpaired) electrons. The molecular weight excluding hydrogens is 324 g/mol. The van der Waals surface area contributed by atoms with Gasteiger partial charge < -0.3 is 10.6 Å². The molecule has 26 heavy (non-hydrogen) atoms. The highest BCUT2D eigenvalue weighted by Gasteiger charge is 2.37. The third kappa shape index (κ3) is 5.75. The summed E-state index contributed by atoms with van der Waals surface area (Å²) in [6, 6.07) is 1.99. The molecule has 2 saturated heterocycles. The van der Waals surface area contributed by atoms with Crippen LogP contribution in [0.25, 0.3) is 0 Å². The molecule has 2 rings (SSSR count). The van der Waals surface area contributed by atoms with Crippen molar-refractivity contribution >= 4 is 5.78 Å². The zero-order chi connectivity index (χ0) is 19.5. The highest BCUT2D eigenvalue weighted by atomic mass is 16.1. The predicted molar refractivity (Wildman–Crippen MR) is 110 cm³/mol. The summed E-state index contributed by atoms with van der Waals surface area (Å²) >= 11 is 0. The second-order valence-electron chi connectivity index (χ2n) is 9.54. The van der Waals surface area contributed by atoms with Crippen molar-refractivity contribution in [3.8, 4) is 0 Å². The SMILES string of the molecule is CCC(C)N1CC(=O)C(NC(C)CC(C)(C)N2CCC(NC(C)C)C2)C1. The van der Waals surface area contributed by atoms with Gasteiger partial charge >= 0.3 is 0 Å². The van der Waals surface area contributed by atoms with E-state index in [9.17, 15) is 4.79 Å². The standard InChI is InChI=1S/C21H42N4O/c1-8-17(5)24-13-19(20(26)14-24)23-16(4)11-21(6,7)25-10-9-18(12-25)22-15(2)3/h15-19,22-23H,8-14H2,1-7H3. The summed E-state index contributed by atoms with van der Waals surface area (Å²) in [5.74, 6) is 0.359. The first-order valence-electron chi connectivity index (χ1n) is 10.7. The molecule has 152 valence electrons. The van der Waals surface area contributed by atoms with Crippen molar-refractivity contribution in [2.75, 3.05) is 26.2 Å². The van der Waals surface area contributed by atoms with Crippen molar-refractivity contribution in [3.05, 3.63) is 0 Å². The van der Waals surface area contributed by atoms with E-state index in [4.69, 9.17) is 0 Å². The Kier molecular flexibility index (Phi) is 7.66. The Bertz CT molecular complexity index is 465. The van der Waals surface area contributed by atoms with E-state index in [1.807, 2.05) is 0 Å². The van der Waals surface area contributed by atoms with Gasteiger partial charge in [-0.25, -0.2) is 0 Å². The van der Waals surface area contributed by atoms with Gasteiger partial charge in [0.25, 0.3) is 0 Å². The second-order valence-corrected chi connectivity index (χ2v) is 9.54. The zero-order valence-electron chi connectivity index (χ0n) is 18.1. The minimum atomic E-state index is 0.00346. The Morgan fingerprint density at radius 2 is 1.85 bits per heavy atom. The highest BCUT2D eigenvalue weighted by molar-refractivity contribution is 5.88. The molecule has 0 aromatic heterocycles. The predicted octanol–water partition coefficient (Wildman–Crippen LogP) is 2.26. The number of hydrogen-bond acceptors (Lipinski definition) is 5. The van der Waals surface area contributed by atoms with Crippen molar-refractivity contribution in [2.45, 2.75) is 103 Å². The van der Waals surface area contributed by atoms with E-state index in [-0.39, 0.29) is 11.6 Å². The van der Waals surface area contributed by atoms with Gasteiger partial charge in [0.05, 0.1) is 12.6 Å². The third-order valence-electron chi connectivity index (χ3n) is 6.28. The zero-order valence-corrected chi connectivity index (χ0v) is 18.1. The number of rotatable bonds is 9. The molecule has 0 spiro atoms. The summed E-state index contributed by atoms with van der Waals surface area (Å²) in [6.07, 6.45) is 3.39. The van der Waals surface area contributed by atoms with Crippen molar-refractivity contribution in [1.82, 2.24) is 20.4 Å². The Morgan fingerprint density at radius 3 is 2.46 bits per heavy atom. The summed E-state index contributed by atoms with van der Waals surface area (Å²) in [6.45, 7) is 19.6. The Morgan fingerprint density at radius 1 is 1.15 bits per heavy atom. The number of Topliss-reactive ketones (excluding diaryl/α,β-unsaturated/α-hetero) is 1. The van der Waals surface area contributed by atoms with Gasteiger partial charge in [0.2, 0.25) is 0 Å². The van der Waals surface area contributed by atoms with E-state index in [1.54, 1.807) is 0 Å². The fourth-order valence-corrected chi connectivity index (χ4v) is 4.65. The smallest absolute Gasteiger partial charge is 0.164 e. The lowest BCUT2D eigenvalue weighted by molar-refractivity contribution is -0.118. The molecule has 0 aromatic carbocycles. The molecular formula is C21H42N4O. The molecule has 0 aromatic rings. The number of ketones is 1. The van der Waals surface area contributed by atoms with E-state index >= 15 is 0 Å². The topological polar surface area (TPSA) is 47.6 Å². The summed E-state index contributed by atoms with van der Waals surface area (Å²) in [5.41, 5.74) is 0.151. The molecule has 0 saturated carbocycles. The lowest BCUT2D eigenvalue weighted by Crippen LogP contribution is -2.51. The fraction of sp³-hybridized carbons (Fsp3) is 0.952.